The lowest BCUT2D eigenvalue weighted by Gasteiger charge is -2.28. The van der Waals surface area contributed by atoms with E-state index in [0.29, 0.717) is 35.3 Å². The first-order chi connectivity index (χ1) is 23.7. The van der Waals surface area contributed by atoms with Crippen LogP contribution in [0.4, 0.5) is 5.69 Å². The van der Waals surface area contributed by atoms with Gasteiger partial charge in [-0.25, -0.2) is 0 Å². The van der Waals surface area contributed by atoms with E-state index in [1.54, 1.807) is 24.3 Å². The Labute approximate surface area is 285 Å². The molecule has 250 valence electrons. The van der Waals surface area contributed by atoms with E-state index in [4.69, 9.17) is 4.52 Å². The number of benzene rings is 4. The minimum atomic E-state index is -1.12. The number of rotatable bonds is 11. The molecule has 0 saturated carbocycles. The molecule has 5 aromatic rings. The first kappa shape index (κ1) is 33.3. The maximum absolute atomic E-state index is 13.4. The number of piperidine rings is 1. The smallest absolute Gasteiger partial charge is 0.323 e. The van der Waals surface area contributed by atoms with Crippen LogP contribution in [0.25, 0.3) is 34.0 Å². The fourth-order valence-corrected chi connectivity index (χ4v) is 5.97. The summed E-state index contributed by atoms with van der Waals surface area (Å²) in [6.07, 6.45) is 2.47. The van der Waals surface area contributed by atoms with Gasteiger partial charge in [0.1, 0.15) is 6.54 Å². The zero-order valence-corrected chi connectivity index (χ0v) is 27.6. The van der Waals surface area contributed by atoms with Gasteiger partial charge < -0.3 is 24.7 Å². The summed E-state index contributed by atoms with van der Waals surface area (Å²) >= 11 is 0. The largest absolute Gasteiger partial charge is 0.480 e. The Bertz CT molecular complexity index is 1890. The number of hydrogen-bond acceptors (Lipinski definition) is 7. The Morgan fingerprint density at radius 3 is 2.06 bits per heavy atom. The van der Waals surface area contributed by atoms with Gasteiger partial charge in [0.15, 0.2) is 0 Å². The fraction of sp³-hybridized carbons (Fsp3) is 0.256. The van der Waals surface area contributed by atoms with Gasteiger partial charge in [0, 0.05) is 35.3 Å². The SMILES string of the molecule is Cc1ccc(-c2ccc(-c3nc(-c4ccc(CN(CC(=O)O)C(=O)c5ccc(NC(=O)CC6CCN(C)CC6)cc5)cc4)no3)cc2)cc1. The van der Waals surface area contributed by atoms with Crippen molar-refractivity contribution in [3.63, 3.8) is 0 Å². The maximum Gasteiger partial charge on any atom is 0.323 e. The van der Waals surface area contributed by atoms with Crippen LogP contribution in [0.3, 0.4) is 0 Å². The minimum Gasteiger partial charge on any atom is -0.480 e. The van der Waals surface area contributed by atoms with Crippen molar-refractivity contribution in [2.24, 2.45) is 5.92 Å². The van der Waals surface area contributed by atoms with Crippen molar-refractivity contribution < 1.29 is 24.0 Å². The average Bonchev–Trinajstić information content (AvgIpc) is 3.60. The van der Waals surface area contributed by atoms with Gasteiger partial charge in [-0.15, -0.1) is 0 Å². The third kappa shape index (κ3) is 8.65. The van der Waals surface area contributed by atoms with Crippen molar-refractivity contribution in [2.75, 3.05) is 32.0 Å². The van der Waals surface area contributed by atoms with Crippen molar-refractivity contribution in [3.05, 3.63) is 114 Å². The Hall–Kier alpha value is -5.61. The Balaban J connectivity index is 1.07. The quantitative estimate of drug-likeness (QED) is 0.159. The van der Waals surface area contributed by atoms with Crippen molar-refractivity contribution in [3.8, 4) is 34.0 Å². The number of carboxylic acid groups (broad SMARTS) is 1. The first-order valence-corrected chi connectivity index (χ1v) is 16.4. The van der Waals surface area contributed by atoms with Crippen molar-refractivity contribution >= 4 is 23.5 Å². The zero-order chi connectivity index (χ0) is 34.3. The average molecular weight is 658 g/mol. The van der Waals surface area contributed by atoms with Crippen LogP contribution in [0.1, 0.15) is 40.7 Å². The second kappa shape index (κ2) is 15.1. The Morgan fingerprint density at radius 2 is 1.43 bits per heavy atom. The lowest BCUT2D eigenvalue weighted by Crippen LogP contribution is -2.35. The highest BCUT2D eigenvalue weighted by Crippen LogP contribution is 2.27. The van der Waals surface area contributed by atoms with Crippen molar-refractivity contribution in [1.82, 2.24) is 19.9 Å². The van der Waals surface area contributed by atoms with Gasteiger partial charge >= 0.3 is 5.97 Å². The van der Waals surface area contributed by atoms with Crippen LogP contribution in [-0.2, 0) is 16.1 Å². The molecule has 2 N–H and O–H groups in total. The number of amides is 2. The van der Waals surface area contributed by atoms with Crippen LogP contribution in [0.2, 0.25) is 0 Å². The first-order valence-electron chi connectivity index (χ1n) is 16.4. The van der Waals surface area contributed by atoms with Crippen LogP contribution in [0.15, 0.2) is 102 Å². The van der Waals surface area contributed by atoms with E-state index in [9.17, 15) is 19.5 Å². The second-order valence-electron chi connectivity index (χ2n) is 12.7. The van der Waals surface area contributed by atoms with Gasteiger partial charge in [-0.05, 0) is 98.9 Å². The molecule has 0 aliphatic carbocycles. The summed E-state index contributed by atoms with van der Waals surface area (Å²) in [6.45, 7) is 3.68. The third-order valence-electron chi connectivity index (χ3n) is 8.87. The number of aliphatic carboxylic acids is 1. The number of nitrogens with zero attached hydrogens (tertiary/aromatic N) is 4. The second-order valence-corrected chi connectivity index (χ2v) is 12.7. The molecule has 10 nitrogen and oxygen atoms in total. The maximum atomic E-state index is 13.4. The van der Waals surface area contributed by atoms with E-state index < -0.39 is 18.4 Å². The highest BCUT2D eigenvalue weighted by molar-refractivity contribution is 5.97. The molecule has 1 aromatic heterocycles. The predicted molar refractivity (Wildman–Crippen MR) is 188 cm³/mol. The van der Waals surface area contributed by atoms with Gasteiger partial charge in [0.25, 0.3) is 11.8 Å². The number of aryl methyl sites for hydroxylation is 1. The zero-order valence-electron chi connectivity index (χ0n) is 27.6. The molecule has 0 atom stereocenters. The standard InChI is InChI=1S/C39H39N5O5/c1-26-3-7-29(8-4-26)30-11-13-32(14-12-30)38-41-37(42-49-38)31-9-5-28(6-10-31)24-44(25-36(46)47)39(48)33-15-17-34(18-16-33)40-35(45)23-27-19-21-43(2)22-20-27/h3-18,27H,19-25H2,1-2H3,(H,40,45)(H,46,47). The lowest BCUT2D eigenvalue weighted by molar-refractivity contribution is -0.137. The van der Waals surface area contributed by atoms with Crippen molar-refractivity contribution in [1.29, 1.82) is 0 Å². The molecule has 4 aromatic carbocycles. The molecule has 0 unspecified atom stereocenters. The van der Waals surface area contributed by atoms with E-state index in [2.05, 4.69) is 58.6 Å². The Kier molecular flexibility index (Phi) is 10.2. The molecule has 10 heteroatoms. The van der Waals surface area contributed by atoms with Crippen LogP contribution in [-0.4, -0.2) is 69.5 Å². The molecule has 49 heavy (non-hydrogen) atoms. The lowest BCUT2D eigenvalue weighted by atomic mass is 9.93. The third-order valence-corrected chi connectivity index (χ3v) is 8.87. The molecule has 2 heterocycles. The number of likely N-dealkylation sites (tertiary alicyclic amines) is 1. The molecular formula is C39H39N5O5. The molecule has 0 bridgehead atoms. The van der Waals surface area contributed by atoms with Crippen LogP contribution in [0.5, 0.6) is 0 Å². The number of carbonyl (C=O) groups excluding carboxylic acids is 2. The van der Waals surface area contributed by atoms with Gasteiger partial charge in [0.2, 0.25) is 11.7 Å². The predicted octanol–water partition coefficient (Wildman–Crippen LogP) is 6.78. The topological polar surface area (TPSA) is 129 Å². The fourth-order valence-electron chi connectivity index (χ4n) is 5.97. The summed E-state index contributed by atoms with van der Waals surface area (Å²) in [6, 6.07) is 30.1. The number of carbonyl (C=O) groups is 3. The number of aromatic nitrogens is 2. The summed E-state index contributed by atoms with van der Waals surface area (Å²) in [4.78, 5) is 45.8. The van der Waals surface area contributed by atoms with Gasteiger partial charge in [-0.2, -0.15) is 4.98 Å². The van der Waals surface area contributed by atoms with Crippen LogP contribution in [0, 0.1) is 12.8 Å². The van der Waals surface area contributed by atoms with E-state index in [-0.39, 0.29) is 12.5 Å². The molecular weight excluding hydrogens is 618 g/mol. The van der Waals surface area contributed by atoms with E-state index in [0.717, 1.165) is 53.7 Å². The number of nitrogens with one attached hydrogen (secondary N) is 1. The van der Waals surface area contributed by atoms with Gasteiger partial charge in [-0.1, -0.05) is 71.4 Å². The molecule has 1 aliphatic rings. The number of carboxylic acids is 1. The van der Waals surface area contributed by atoms with E-state index >= 15 is 0 Å². The minimum absolute atomic E-state index is 0.0471. The van der Waals surface area contributed by atoms with Crippen molar-refractivity contribution in [2.45, 2.75) is 32.7 Å². The van der Waals surface area contributed by atoms with Crippen LogP contribution >= 0.6 is 0 Å². The summed E-state index contributed by atoms with van der Waals surface area (Å²) in [5.74, 6) is -0.403. The molecule has 0 spiro atoms. The highest BCUT2D eigenvalue weighted by atomic mass is 16.5. The molecule has 1 fully saturated rings. The Morgan fingerprint density at radius 1 is 0.837 bits per heavy atom. The van der Waals surface area contributed by atoms with Gasteiger partial charge in [0.05, 0.1) is 0 Å². The summed E-state index contributed by atoms with van der Waals surface area (Å²) < 4.78 is 5.55. The molecule has 6 rings (SSSR count). The summed E-state index contributed by atoms with van der Waals surface area (Å²) in [7, 11) is 2.09. The van der Waals surface area contributed by atoms with E-state index in [1.165, 1.54) is 10.5 Å². The number of hydrogen-bond donors (Lipinski definition) is 2. The van der Waals surface area contributed by atoms with E-state index in [1.807, 2.05) is 48.5 Å². The molecule has 1 aliphatic heterocycles. The molecule has 0 radical (unpaired) electrons. The van der Waals surface area contributed by atoms with Crippen LogP contribution < -0.4 is 5.32 Å². The highest BCUT2D eigenvalue weighted by Gasteiger charge is 2.21. The molecule has 1 saturated heterocycles. The summed E-state index contributed by atoms with van der Waals surface area (Å²) in [5, 5.41) is 16.6. The molecule has 2 amide bonds. The monoisotopic (exact) mass is 657 g/mol. The normalized spacial score (nSPS) is 13.6. The van der Waals surface area contributed by atoms with Gasteiger partial charge in [-0.3, -0.25) is 14.4 Å². The summed E-state index contributed by atoms with van der Waals surface area (Å²) in [5.41, 5.74) is 6.62. The number of anilines is 1.